The first-order valence-electron chi connectivity index (χ1n) is 6.05. The molecule has 0 saturated carbocycles. The number of alkyl halides is 1. The van der Waals surface area contributed by atoms with Crippen molar-refractivity contribution >= 4 is 17.3 Å². The Hall–Kier alpha value is -0.690. The summed E-state index contributed by atoms with van der Waals surface area (Å²) in [6, 6.07) is 6.48. The summed E-state index contributed by atoms with van der Waals surface area (Å²) in [5.41, 5.74) is 3.84. The van der Waals surface area contributed by atoms with Gasteiger partial charge in [-0.15, -0.1) is 11.6 Å². The normalized spacial score (nSPS) is 10.5. The van der Waals surface area contributed by atoms with Crippen LogP contribution in [-0.4, -0.2) is 13.6 Å². The molecule has 90 valence electrons. The number of hydrogen-bond acceptors (Lipinski definition) is 1. The van der Waals surface area contributed by atoms with Gasteiger partial charge in [0.2, 0.25) is 0 Å². The molecular weight excluding hydrogens is 218 g/mol. The first-order valence-corrected chi connectivity index (χ1v) is 6.59. The Balaban J connectivity index is 2.64. The van der Waals surface area contributed by atoms with Crippen molar-refractivity contribution in [2.45, 2.75) is 39.0 Å². The molecule has 0 unspecified atom stereocenters. The monoisotopic (exact) mass is 239 g/mol. The lowest BCUT2D eigenvalue weighted by atomic mass is 10.1. The molecule has 0 fully saturated rings. The van der Waals surface area contributed by atoms with Gasteiger partial charge >= 0.3 is 0 Å². The summed E-state index contributed by atoms with van der Waals surface area (Å²) < 4.78 is 0. The summed E-state index contributed by atoms with van der Waals surface area (Å²) in [4.78, 5) is 2.34. The third-order valence-electron chi connectivity index (χ3n) is 2.92. The smallest absolute Gasteiger partial charge is 0.0474 e. The number of rotatable bonds is 6. The predicted octanol–water partition coefficient (Wildman–Crippen LogP) is 4.36. The van der Waals surface area contributed by atoms with Gasteiger partial charge in [-0.05, 0) is 30.5 Å². The largest absolute Gasteiger partial charge is 0.374 e. The maximum absolute atomic E-state index is 5.82. The Bertz CT molecular complexity index is 323. The van der Waals surface area contributed by atoms with Gasteiger partial charge < -0.3 is 4.90 Å². The quantitative estimate of drug-likeness (QED) is 0.527. The lowest BCUT2D eigenvalue weighted by Crippen LogP contribution is -2.19. The number of unbranched alkanes of at least 4 members (excludes halogenated alkanes) is 2. The second kappa shape index (κ2) is 6.80. The molecule has 1 nitrogen and oxygen atoms in total. The van der Waals surface area contributed by atoms with Crippen LogP contribution in [0.25, 0.3) is 0 Å². The van der Waals surface area contributed by atoms with Gasteiger partial charge in [0.1, 0.15) is 0 Å². The molecule has 1 rings (SSSR count). The Kier molecular flexibility index (Phi) is 5.68. The van der Waals surface area contributed by atoms with Crippen molar-refractivity contribution in [3.05, 3.63) is 29.3 Å². The Morgan fingerprint density at radius 3 is 2.56 bits per heavy atom. The van der Waals surface area contributed by atoms with E-state index in [1.165, 1.54) is 36.1 Å². The summed E-state index contributed by atoms with van der Waals surface area (Å²) >= 11 is 5.82. The van der Waals surface area contributed by atoms with E-state index in [-0.39, 0.29) is 0 Å². The van der Waals surface area contributed by atoms with Crippen LogP contribution < -0.4 is 4.90 Å². The van der Waals surface area contributed by atoms with Crippen molar-refractivity contribution in [2.24, 2.45) is 0 Å². The summed E-state index contributed by atoms with van der Waals surface area (Å²) in [6.07, 6.45) is 3.85. The van der Waals surface area contributed by atoms with Crippen molar-refractivity contribution in [3.8, 4) is 0 Å². The van der Waals surface area contributed by atoms with Crippen LogP contribution in [0.4, 0.5) is 5.69 Å². The Labute approximate surface area is 104 Å². The number of anilines is 1. The summed E-state index contributed by atoms with van der Waals surface area (Å²) in [5, 5.41) is 0. The second-order valence-corrected chi connectivity index (χ2v) is 4.65. The molecule has 0 aliphatic rings. The van der Waals surface area contributed by atoms with E-state index in [0.717, 1.165) is 6.54 Å². The number of benzene rings is 1. The summed E-state index contributed by atoms with van der Waals surface area (Å²) in [7, 11) is 2.17. The molecule has 16 heavy (non-hydrogen) atoms. The Morgan fingerprint density at radius 2 is 2.00 bits per heavy atom. The molecule has 1 aromatic rings. The third kappa shape index (κ3) is 3.71. The van der Waals surface area contributed by atoms with Crippen molar-refractivity contribution in [1.29, 1.82) is 0 Å². The lowest BCUT2D eigenvalue weighted by molar-refractivity contribution is 0.704. The van der Waals surface area contributed by atoms with Crippen LogP contribution >= 0.6 is 11.6 Å². The zero-order valence-electron chi connectivity index (χ0n) is 10.6. The first-order chi connectivity index (χ1) is 7.69. The number of nitrogens with zero attached hydrogens (tertiary/aromatic N) is 1. The molecule has 0 saturated heterocycles. The first kappa shape index (κ1) is 13.4. The minimum absolute atomic E-state index is 0.598. The SMILES string of the molecule is CCCCCN(C)c1ccc(CCl)cc1C. The van der Waals surface area contributed by atoms with Gasteiger partial charge in [-0.25, -0.2) is 0 Å². The van der Waals surface area contributed by atoms with Gasteiger partial charge in [-0.3, -0.25) is 0 Å². The van der Waals surface area contributed by atoms with Crippen LogP contribution in [-0.2, 0) is 5.88 Å². The highest BCUT2D eigenvalue weighted by Crippen LogP contribution is 2.21. The fraction of sp³-hybridized carbons (Fsp3) is 0.571. The fourth-order valence-electron chi connectivity index (χ4n) is 1.95. The third-order valence-corrected chi connectivity index (χ3v) is 3.23. The van der Waals surface area contributed by atoms with Crippen LogP contribution in [0.3, 0.4) is 0 Å². The molecule has 0 radical (unpaired) electrons. The van der Waals surface area contributed by atoms with E-state index in [0.29, 0.717) is 5.88 Å². The number of hydrogen-bond donors (Lipinski definition) is 0. The van der Waals surface area contributed by atoms with Crippen molar-refractivity contribution in [2.75, 3.05) is 18.5 Å². The van der Waals surface area contributed by atoms with Gasteiger partial charge in [0.05, 0.1) is 0 Å². The Morgan fingerprint density at radius 1 is 1.25 bits per heavy atom. The van der Waals surface area contributed by atoms with E-state index < -0.39 is 0 Å². The van der Waals surface area contributed by atoms with Crippen LogP contribution in [0.15, 0.2) is 18.2 Å². The zero-order chi connectivity index (χ0) is 12.0. The van der Waals surface area contributed by atoms with E-state index in [4.69, 9.17) is 11.6 Å². The molecule has 0 atom stereocenters. The van der Waals surface area contributed by atoms with E-state index in [1.54, 1.807) is 0 Å². The molecule has 0 aliphatic heterocycles. The van der Waals surface area contributed by atoms with Crippen molar-refractivity contribution in [1.82, 2.24) is 0 Å². The molecule has 0 aliphatic carbocycles. The molecule has 0 N–H and O–H groups in total. The highest BCUT2D eigenvalue weighted by molar-refractivity contribution is 6.17. The van der Waals surface area contributed by atoms with E-state index in [9.17, 15) is 0 Å². The van der Waals surface area contributed by atoms with Gasteiger partial charge in [-0.1, -0.05) is 31.9 Å². The molecular formula is C14H22ClN. The molecule has 1 aromatic carbocycles. The highest BCUT2D eigenvalue weighted by atomic mass is 35.5. The minimum atomic E-state index is 0.598. The van der Waals surface area contributed by atoms with Crippen LogP contribution in [0.5, 0.6) is 0 Å². The molecule has 0 heterocycles. The molecule has 2 heteroatoms. The molecule has 0 amide bonds. The average Bonchev–Trinajstić information content (AvgIpc) is 2.29. The maximum atomic E-state index is 5.82. The molecule has 0 bridgehead atoms. The van der Waals surface area contributed by atoms with Gasteiger partial charge in [0.25, 0.3) is 0 Å². The van der Waals surface area contributed by atoms with Crippen LogP contribution in [0.1, 0.15) is 37.3 Å². The fourth-order valence-corrected chi connectivity index (χ4v) is 2.11. The maximum Gasteiger partial charge on any atom is 0.0474 e. The van der Waals surface area contributed by atoms with E-state index >= 15 is 0 Å². The number of aryl methyl sites for hydroxylation is 1. The van der Waals surface area contributed by atoms with Crippen molar-refractivity contribution < 1.29 is 0 Å². The summed E-state index contributed by atoms with van der Waals surface area (Å²) in [6.45, 7) is 5.52. The lowest BCUT2D eigenvalue weighted by Gasteiger charge is -2.21. The average molecular weight is 240 g/mol. The van der Waals surface area contributed by atoms with Crippen LogP contribution in [0.2, 0.25) is 0 Å². The van der Waals surface area contributed by atoms with E-state index in [1.807, 2.05) is 0 Å². The van der Waals surface area contributed by atoms with Gasteiger partial charge in [-0.2, -0.15) is 0 Å². The second-order valence-electron chi connectivity index (χ2n) is 4.38. The molecule has 0 spiro atoms. The molecule has 0 aromatic heterocycles. The highest BCUT2D eigenvalue weighted by Gasteiger charge is 2.04. The van der Waals surface area contributed by atoms with Gasteiger partial charge in [0, 0.05) is 25.2 Å². The van der Waals surface area contributed by atoms with E-state index in [2.05, 4.69) is 44.0 Å². The standard InChI is InChI=1S/C14H22ClN/c1-4-5-6-9-16(3)14-8-7-13(11-15)10-12(14)2/h7-8,10H,4-6,9,11H2,1-3H3. The minimum Gasteiger partial charge on any atom is -0.374 e. The topological polar surface area (TPSA) is 3.24 Å². The number of halogens is 1. The summed E-state index contributed by atoms with van der Waals surface area (Å²) in [5.74, 6) is 0.598. The van der Waals surface area contributed by atoms with Gasteiger partial charge in [0.15, 0.2) is 0 Å². The zero-order valence-corrected chi connectivity index (χ0v) is 11.3. The predicted molar refractivity (Wildman–Crippen MR) is 73.5 cm³/mol. The van der Waals surface area contributed by atoms with Crippen LogP contribution in [0, 0.1) is 6.92 Å². The van der Waals surface area contributed by atoms with Crippen molar-refractivity contribution in [3.63, 3.8) is 0 Å².